The number of methoxy groups -OCH3 is 1. The van der Waals surface area contributed by atoms with Crippen LogP contribution in [0.3, 0.4) is 0 Å². The molecule has 0 fully saturated rings. The minimum absolute atomic E-state index is 0.348. The highest BCUT2D eigenvalue weighted by atomic mass is 16.5. The van der Waals surface area contributed by atoms with Crippen LogP contribution in [0.1, 0.15) is 40.0 Å². The molecule has 106 valence electrons. The molecule has 0 bridgehead atoms. The maximum absolute atomic E-state index is 11.6. The van der Waals surface area contributed by atoms with Crippen molar-refractivity contribution in [2.24, 2.45) is 0 Å². The third-order valence-electron chi connectivity index (χ3n) is 2.78. The number of carbonyl (C=O) groups is 2. The quantitative estimate of drug-likeness (QED) is 0.575. The SMILES string of the molecule is CCC(C)(C)NC(=O)NC(CCCOC)C(=O)O. The third kappa shape index (κ3) is 7.11. The van der Waals surface area contributed by atoms with Gasteiger partial charge in [0.25, 0.3) is 0 Å². The zero-order chi connectivity index (χ0) is 14.2. The molecule has 0 aromatic heterocycles. The Balaban J connectivity index is 4.24. The van der Waals surface area contributed by atoms with Crippen molar-refractivity contribution < 1.29 is 19.4 Å². The second-order valence-electron chi connectivity index (χ2n) is 4.86. The lowest BCUT2D eigenvalue weighted by molar-refractivity contribution is -0.139. The lowest BCUT2D eigenvalue weighted by Gasteiger charge is -2.25. The highest BCUT2D eigenvalue weighted by molar-refractivity contribution is 5.82. The van der Waals surface area contributed by atoms with E-state index in [4.69, 9.17) is 9.84 Å². The maximum atomic E-state index is 11.6. The number of amides is 2. The van der Waals surface area contributed by atoms with E-state index >= 15 is 0 Å². The summed E-state index contributed by atoms with van der Waals surface area (Å²) in [6.07, 6.45) is 1.70. The highest BCUT2D eigenvalue weighted by Crippen LogP contribution is 2.06. The van der Waals surface area contributed by atoms with Crippen molar-refractivity contribution in [2.75, 3.05) is 13.7 Å². The molecule has 0 saturated heterocycles. The summed E-state index contributed by atoms with van der Waals surface area (Å²) in [5, 5.41) is 14.2. The van der Waals surface area contributed by atoms with Gasteiger partial charge in [-0.3, -0.25) is 0 Å². The lowest BCUT2D eigenvalue weighted by atomic mass is 10.0. The zero-order valence-corrected chi connectivity index (χ0v) is 11.6. The average Bonchev–Trinajstić information content (AvgIpc) is 2.27. The van der Waals surface area contributed by atoms with Gasteiger partial charge in [-0.1, -0.05) is 6.92 Å². The predicted octanol–water partition coefficient (Wildman–Crippen LogP) is 1.35. The number of carbonyl (C=O) groups excluding carboxylic acids is 1. The summed E-state index contributed by atoms with van der Waals surface area (Å²) in [5.41, 5.74) is -0.348. The molecule has 0 aliphatic carbocycles. The van der Waals surface area contributed by atoms with Crippen LogP contribution in [-0.4, -0.2) is 42.4 Å². The van der Waals surface area contributed by atoms with E-state index in [1.165, 1.54) is 0 Å². The average molecular weight is 260 g/mol. The molecule has 0 spiro atoms. The molecule has 0 radical (unpaired) electrons. The predicted molar refractivity (Wildman–Crippen MR) is 68.6 cm³/mol. The van der Waals surface area contributed by atoms with Crippen LogP contribution in [0.15, 0.2) is 0 Å². The summed E-state index contributed by atoms with van der Waals surface area (Å²) in [7, 11) is 1.56. The van der Waals surface area contributed by atoms with Gasteiger partial charge < -0.3 is 20.5 Å². The minimum atomic E-state index is -1.03. The molecule has 6 nitrogen and oxygen atoms in total. The van der Waals surface area contributed by atoms with Crippen LogP contribution in [0.5, 0.6) is 0 Å². The number of carboxylic acids is 1. The van der Waals surface area contributed by atoms with Crippen LogP contribution in [0, 0.1) is 0 Å². The van der Waals surface area contributed by atoms with Gasteiger partial charge in [0.1, 0.15) is 6.04 Å². The van der Waals surface area contributed by atoms with Crippen molar-refractivity contribution in [3.8, 4) is 0 Å². The number of urea groups is 1. The number of ether oxygens (including phenoxy) is 1. The zero-order valence-electron chi connectivity index (χ0n) is 11.6. The molecule has 1 unspecified atom stereocenters. The molecule has 6 heteroatoms. The van der Waals surface area contributed by atoms with E-state index < -0.39 is 18.0 Å². The molecule has 0 rings (SSSR count). The van der Waals surface area contributed by atoms with Crippen LogP contribution in [0.4, 0.5) is 4.79 Å². The van der Waals surface area contributed by atoms with Gasteiger partial charge in [0.15, 0.2) is 0 Å². The Morgan fingerprint density at radius 2 is 2.00 bits per heavy atom. The van der Waals surface area contributed by atoms with Crippen LogP contribution in [-0.2, 0) is 9.53 Å². The van der Waals surface area contributed by atoms with Crippen LogP contribution < -0.4 is 10.6 Å². The van der Waals surface area contributed by atoms with E-state index in [1.54, 1.807) is 7.11 Å². The Morgan fingerprint density at radius 1 is 1.39 bits per heavy atom. The van der Waals surface area contributed by atoms with Crippen molar-refractivity contribution in [1.82, 2.24) is 10.6 Å². The van der Waals surface area contributed by atoms with E-state index in [9.17, 15) is 9.59 Å². The van der Waals surface area contributed by atoms with Gasteiger partial charge in [-0.25, -0.2) is 9.59 Å². The number of aliphatic carboxylic acids is 1. The summed E-state index contributed by atoms with van der Waals surface area (Å²) in [5.74, 6) is -1.03. The molecule has 0 saturated carbocycles. The molecular weight excluding hydrogens is 236 g/mol. The molecule has 18 heavy (non-hydrogen) atoms. The number of carboxylic acid groups (broad SMARTS) is 1. The molecule has 0 aliphatic rings. The highest BCUT2D eigenvalue weighted by Gasteiger charge is 2.23. The molecule has 0 aromatic carbocycles. The second-order valence-corrected chi connectivity index (χ2v) is 4.86. The standard InChI is InChI=1S/C12H24N2O4/c1-5-12(2,3)14-11(17)13-9(10(15)16)7-6-8-18-4/h9H,5-8H2,1-4H3,(H,15,16)(H2,13,14,17). The molecular formula is C12H24N2O4. The van der Waals surface area contributed by atoms with Crippen molar-refractivity contribution in [3.05, 3.63) is 0 Å². The van der Waals surface area contributed by atoms with E-state index in [0.717, 1.165) is 6.42 Å². The maximum Gasteiger partial charge on any atom is 0.326 e. The molecule has 0 aromatic rings. The normalized spacial score (nSPS) is 12.9. The molecule has 0 heterocycles. The largest absolute Gasteiger partial charge is 0.480 e. The molecule has 0 aliphatic heterocycles. The number of hydrogen-bond donors (Lipinski definition) is 3. The molecule has 3 N–H and O–H groups in total. The first-order valence-corrected chi connectivity index (χ1v) is 6.13. The fourth-order valence-electron chi connectivity index (χ4n) is 1.28. The first kappa shape index (κ1) is 16.7. The summed E-state index contributed by atoms with van der Waals surface area (Å²) >= 11 is 0. The van der Waals surface area contributed by atoms with E-state index in [2.05, 4.69) is 10.6 Å². The van der Waals surface area contributed by atoms with Crippen molar-refractivity contribution in [2.45, 2.75) is 51.6 Å². The molecule has 1 atom stereocenters. The van der Waals surface area contributed by atoms with Crippen molar-refractivity contribution in [1.29, 1.82) is 0 Å². The monoisotopic (exact) mass is 260 g/mol. The number of hydrogen-bond acceptors (Lipinski definition) is 3. The van der Waals surface area contributed by atoms with Gasteiger partial charge >= 0.3 is 12.0 Å². The Morgan fingerprint density at radius 3 is 2.44 bits per heavy atom. The number of rotatable bonds is 8. The van der Waals surface area contributed by atoms with Crippen molar-refractivity contribution >= 4 is 12.0 Å². The molecule has 2 amide bonds. The smallest absolute Gasteiger partial charge is 0.326 e. The number of nitrogens with one attached hydrogen (secondary N) is 2. The van der Waals surface area contributed by atoms with E-state index in [-0.39, 0.29) is 5.54 Å². The van der Waals surface area contributed by atoms with Gasteiger partial charge in [-0.2, -0.15) is 0 Å². The Hall–Kier alpha value is -1.30. The van der Waals surface area contributed by atoms with Crippen LogP contribution in [0.25, 0.3) is 0 Å². The van der Waals surface area contributed by atoms with E-state index in [1.807, 2.05) is 20.8 Å². The van der Waals surface area contributed by atoms with E-state index in [0.29, 0.717) is 19.4 Å². The first-order valence-electron chi connectivity index (χ1n) is 6.13. The van der Waals surface area contributed by atoms with Gasteiger partial charge in [0, 0.05) is 19.3 Å². The Labute approximate surface area is 108 Å². The lowest BCUT2D eigenvalue weighted by Crippen LogP contribution is -2.52. The van der Waals surface area contributed by atoms with Gasteiger partial charge in [-0.05, 0) is 33.1 Å². The topological polar surface area (TPSA) is 87.7 Å². The Kier molecular flexibility index (Phi) is 7.35. The fourth-order valence-corrected chi connectivity index (χ4v) is 1.28. The summed E-state index contributed by atoms with van der Waals surface area (Å²) in [6, 6.07) is -1.33. The fraction of sp³-hybridized carbons (Fsp3) is 0.833. The summed E-state index contributed by atoms with van der Waals surface area (Å²) in [4.78, 5) is 22.6. The summed E-state index contributed by atoms with van der Waals surface area (Å²) in [6.45, 7) is 6.20. The summed E-state index contributed by atoms with van der Waals surface area (Å²) < 4.78 is 4.85. The van der Waals surface area contributed by atoms with Crippen LogP contribution in [0.2, 0.25) is 0 Å². The minimum Gasteiger partial charge on any atom is -0.480 e. The van der Waals surface area contributed by atoms with Crippen molar-refractivity contribution in [3.63, 3.8) is 0 Å². The second kappa shape index (κ2) is 7.92. The van der Waals surface area contributed by atoms with Gasteiger partial charge in [0.05, 0.1) is 0 Å². The van der Waals surface area contributed by atoms with Gasteiger partial charge in [-0.15, -0.1) is 0 Å². The third-order valence-corrected chi connectivity index (χ3v) is 2.78. The van der Waals surface area contributed by atoms with Crippen LogP contribution >= 0.6 is 0 Å². The van der Waals surface area contributed by atoms with Gasteiger partial charge in [0.2, 0.25) is 0 Å². The Bertz CT molecular complexity index is 279. The first-order chi connectivity index (χ1) is 8.32.